The molecule has 0 bridgehead atoms. The van der Waals surface area contributed by atoms with Gasteiger partial charge in [0.1, 0.15) is 0 Å². The number of hydrogen-bond acceptors (Lipinski definition) is 3. The fourth-order valence-electron chi connectivity index (χ4n) is 1.93. The standard InChI is InChI=1S/C15H22N2O3/c1-10(2)6-13(15(19)20)9-17-14(18)7-12-5-4-11(3)16-8-12/h4-5,8,10,13H,6-7,9H2,1-3H3,(H,17,18)(H,19,20). The third-order valence-electron chi connectivity index (χ3n) is 2.99. The van der Waals surface area contributed by atoms with Gasteiger partial charge in [-0.3, -0.25) is 14.6 Å². The smallest absolute Gasteiger partial charge is 0.308 e. The fraction of sp³-hybridized carbons (Fsp3) is 0.533. The summed E-state index contributed by atoms with van der Waals surface area (Å²) in [7, 11) is 0. The minimum Gasteiger partial charge on any atom is -0.481 e. The lowest BCUT2D eigenvalue weighted by Crippen LogP contribution is -2.34. The molecule has 1 amide bonds. The fourth-order valence-corrected chi connectivity index (χ4v) is 1.93. The normalized spacial score (nSPS) is 12.2. The first-order valence-corrected chi connectivity index (χ1v) is 6.79. The Morgan fingerprint density at radius 2 is 2.05 bits per heavy atom. The first kappa shape index (κ1) is 16.1. The number of carbonyl (C=O) groups excluding carboxylic acids is 1. The van der Waals surface area contributed by atoms with Gasteiger partial charge in [0.15, 0.2) is 0 Å². The van der Waals surface area contributed by atoms with Crippen LogP contribution in [0.25, 0.3) is 0 Å². The van der Waals surface area contributed by atoms with E-state index in [0.29, 0.717) is 6.42 Å². The third kappa shape index (κ3) is 5.82. The van der Waals surface area contributed by atoms with Gasteiger partial charge in [-0.2, -0.15) is 0 Å². The summed E-state index contributed by atoms with van der Waals surface area (Å²) in [6, 6.07) is 3.70. The van der Waals surface area contributed by atoms with Crippen molar-refractivity contribution < 1.29 is 14.7 Å². The summed E-state index contributed by atoms with van der Waals surface area (Å²) in [4.78, 5) is 27.0. The summed E-state index contributed by atoms with van der Waals surface area (Å²) in [6.07, 6.45) is 2.45. The summed E-state index contributed by atoms with van der Waals surface area (Å²) in [5.74, 6) is -1.29. The Kier molecular flexibility index (Phi) is 6.15. The van der Waals surface area contributed by atoms with E-state index in [0.717, 1.165) is 11.3 Å². The molecular weight excluding hydrogens is 256 g/mol. The van der Waals surface area contributed by atoms with E-state index in [-0.39, 0.29) is 24.8 Å². The summed E-state index contributed by atoms with van der Waals surface area (Å²) >= 11 is 0. The van der Waals surface area contributed by atoms with Crippen molar-refractivity contribution in [2.45, 2.75) is 33.6 Å². The second-order valence-electron chi connectivity index (χ2n) is 5.45. The van der Waals surface area contributed by atoms with Gasteiger partial charge in [-0.15, -0.1) is 0 Å². The molecule has 0 spiro atoms. The quantitative estimate of drug-likeness (QED) is 0.797. The number of carboxylic acids is 1. The molecule has 0 aliphatic carbocycles. The van der Waals surface area contributed by atoms with Gasteiger partial charge in [0.05, 0.1) is 12.3 Å². The van der Waals surface area contributed by atoms with Crippen LogP contribution in [-0.4, -0.2) is 28.5 Å². The maximum Gasteiger partial charge on any atom is 0.308 e. The van der Waals surface area contributed by atoms with Gasteiger partial charge in [-0.05, 0) is 30.9 Å². The number of aliphatic carboxylic acids is 1. The van der Waals surface area contributed by atoms with Crippen LogP contribution in [0.4, 0.5) is 0 Å². The zero-order valence-electron chi connectivity index (χ0n) is 12.2. The monoisotopic (exact) mass is 278 g/mol. The van der Waals surface area contributed by atoms with Gasteiger partial charge in [-0.1, -0.05) is 19.9 Å². The number of nitrogens with zero attached hydrogens (tertiary/aromatic N) is 1. The van der Waals surface area contributed by atoms with Crippen LogP contribution in [0, 0.1) is 18.8 Å². The van der Waals surface area contributed by atoms with Crippen molar-refractivity contribution >= 4 is 11.9 Å². The highest BCUT2D eigenvalue weighted by atomic mass is 16.4. The second-order valence-corrected chi connectivity index (χ2v) is 5.45. The second kappa shape index (κ2) is 7.62. The Bertz CT molecular complexity index is 455. The molecule has 0 aliphatic heterocycles. The SMILES string of the molecule is Cc1ccc(CC(=O)NCC(CC(C)C)C(=O)O)cn1. The Morgan fingerprint density at radius 3 is 2.55 bits per heavy atom. The summed E-state index contributed by atoms with van der Waals surface area (Å²) in [5, 5.41) is 11.8. The van der Waals surface area contributed by atoms with Gasteiger partial charge in [0, 0.05) is 18.4 Å². The lowest BCUT2D eigenvalue weighted by molar-refractivity contribution is -0.142. The average molecular weight is 278 g/mol. The first-order valence-electron chi connectivity index (χ1n) is 6.79. The molecule has 1 unspecified atom stereocenters. The molecule has 1 rings (SSSR count). The molecule has 1 aromatic heterocycles. The van der Waals surface area contributed by atoms with Crippen LogP contribution >= 0.6 is 0 Å². The molecule has 0 saturated heterocycles. The highest BCUT2D eigenvalue weighted by Crippen LogP contribution is 2.11. The van der Waals surface area contributed by atoms with Crippen molar-refractivity contribution in [3.8, 4) is 0 Å². The molecule has 1 atom stereocenters. The van der Waals surface area contributed by atoms with E-state index < -0.39 is 11.9 Å². The van der Waals surface area contributed by atoms with E-state index in [4.69, 9.17) is 5.11 Å². The van der Waals surface area contributed by atoms with Crippen molar-refractivity contribution in [1.82, 2.24) is 10.3 Å². The van der Waals surface area contributed by atoms with Gasteiger partial charge < -0.3 is 10.4 Å². The zero-order chi connectivity index (χ0) is 15.1. The Balaban J connectivity index is 2.45. The van der Waals surface area contributed by atoms with Crippen molar-refractivity contribution in [2.24, 2.45) is 11.8 Å². The molecule has 0 fully saturated rings. The van der Waals surface area contributed by atoms with Crippen molar-refractivity contribution in [1.29, 1.82) is 0 Å². The molecule has 110 valence electrons. The van der Waals surface area contributed by atoms with Gasteiger partial charge in [-0.25, -0.2) is 0 Å². The first-order chi connectivity index (χ1) is 9.38. The lowest BCUT2D eigenvalue weighted by atomic mass is 9.97. The van der Waals surface area contributed by atoms with E-state index in [1.165, 1.54) is 0 Å². The number of aromatic nitrogens is 1. The molecule has 1 aromatic rings. The number of carboxylic acid groups (broad SMARTS) is 1. The number of amides is 1. The van der Waals surface area contributed by atoms with Crippen molar-refractivity contribution in [3.05, 3.63) is 29.6 Å². The largest absolute Gasteiger partial charge is 0.481 e. The molecule has 0 saturated carbocycles. The van der Waals surface area contributed by atoms with E-state index >= 15 is 0 Å². The van der Waals surface area contributed by atoms with Crippen LogP contribution in [0.1, 0.15) is 31.5 Å². The number of hydrogen-bond donors (Lipinski definition) is 2. The van der Waals surface area contributed by atoms with Crippen molar-refractivity contribution in [2.75, 3.05) is 6.54 Å². The molecule has 5 heteroatoms. The van der Waals surface area contributed by atoms with Gasteiger partial charge >= 0.3 is 5.97 Å². The van der Waals surface area contributed by atoms with Gasteiger partial charge in [0.25, 0.3) is 0 Å². The number of rotatable bonds is 7. The average Bonchev–Trinajstić information content (AvgIpc) is 2.36. The maximum atomic E-state index is 11.8. The Morgan fingerprint density at radius 1 is 1.35 bits per heavy atom. The van der Waals surface area contributed by atoms with E-state index in [9.17, 15) is 9.59 Å². The maximum absolute atomic E-state index is 11.8. The van der Waals surface area contributed by atoms with E-state index in [1.807, 2.05) is 32.9 Å². The van der Waals surface area contributed by atoms with Crippen LogP contribution in [0.3, 0.4) is 0 Å². The molecule has 1 heterocycles. The minimum absolute atomic E-state index is 0.172. The number of nitrogens with one attached hydrogen (secondary N) is 1. The van der Waals surface area contributed by atoms with Crippen molar-refractivity contribution in [3.63, 3.8) is 0 Å². The van der Waals surface area contributed by atoms with Crippen LogP contribution in [0.15, 0.2) is 18.3 Å². The lowest BCUT2D eigenvalue weighted by Gasteiger charge is -2.15. The molecule has 5 nitrogen and oxygen atoms in total. The Hall–Kier alpha value is -1.91. The molecule has 0 radical (unpaired) electrons. The summed E-state index contributed by atoms with van der Waals surface area (Å²) < 4.78 is 0. The molecular formula is C15H22N2O3. The predicted molar refractivity (Wildman–Crippen MR) is 76.3 cm³/mol. The van der Waals surface area contributed by atoms with E-state index in [2.05, 4.69) is 10.3 Å². The molecule has 2 N–H and O–H groups in total. The number of aryl methyl sites for hydroxylation is 1. The number of pyridine rings is 1. The summed E-state index contributed by atoms with van der Waals surface area (Å²) in [5.41, 5.74) is 1.72. The van der Waals surface area contributed by atoms with Crippen LogP contribution in [0.5, 0.6) is 0 Å². The predicted octanol–water partition coefficient (Wildman–Crippen LogP) is 1.80. The molecule has 20 heavy (non-hydrogen) atoms. The molecule has 0 aliphatic rings. The van der Waals surface area contributed by atoms with Crippen LogP contribution in [0.2, 0.25) is 0 Å². The summed E-state index contributed by atoms with van der Waals surface area (Å²) in [6.45, 7) is 5.99. The van der Waals surface area contributed by atoms with Crippen LogP contribution in [-0.2, 0) is 16.0 Å². The number of carbonyl (C=O) groups is 2. The highest BCUT2D eigenvalue weighted by Gasteiger charge is 2.19. The zero-order valence-corrected chi connectivity index (χ0v) is 12.2. The minimum atomic E-state index is -0.865. The molecule has 0 aromatic carbocycles. The topological polar surface area (TPSA) is 79.3 Å². The third-order valence-corrected chi connectivity index (χ3v) is 2.99. The Labute approximate surface area is 119 Å². The highest BCUT2D eigenvalue weighted by molar-refractivity contribution is 5.79. The van der Waals surface area contributed by atoms with E-state index in [1.54, 1.807) is 6.20 Å². The van der Waals surface area contributed by atoms with Gasteiger partial charge in [0.2, 0.25) is 5.91 Å². The van der Waals surface area contributed by atoms with Crippen LogP contribution < -0.4 is 5.32 Å².